The van der Waals surface area contributed by atoms with Crippen LogP contribution < -0.4 is 10.6 Å². The molecule has 138 valence electrons. The molecule has 0 radical (unpaired) electrons. The van der Waals surface area contributed by atoms with Gasteiger partial charge in [-0.2, -0.15) is 5.26 Å². The third-order valence-corrected chi connectivity index (χ3v) is 5.71. The van der Waals surface area contributed by atoms with Crippen molar-refractivity contribution in [1.82, 2.24) is 14.8 Å². The highest BCUT2D eigenvalue weighted by Gasteiger charge is 2.52. The van der Waals surface area contributed by atoms with E-state index in [9.17, 15) is 4.79 Å². The molecule has 1 amide bonds. The van der Waals surface area contributed by atoms with Gasteiger partial charge in [-0.1, -0.05) is 0 Å². The zero-order valence-electron chi connectivity index (χ0n) is 15.4. The van der Waals surface area contributed by atoms with E-state index in [2.05, 4.69) is 25.7 Å². The van der Waals surface area contributed by atoms with Crippen molar-refractivity contribution in [2.24, 2.45) is 5.73 Å². The fraction of sp³-hybridized carbons (Fsp3) is 0.238. The molecule has 2 N–H and O–H groups in total. The fourth-order valence-corrected chi connectivity index (χ4v) is 4.01. The van der Waals surface area contributed by atoms with Crippen LogP contribution >= 0.6 is 0 Å². The van der Waals surface area contributed by atoms with Gasteiger partial charge in [-0.3, -0.25) is 9.36 Å². The van der Waals surface area contributed by atoms with Crippen LogP contribution in [0.5, 0.6) is 0 Å². The third-order valence-electron chi connectivity index (χ3n) is 5.71. The van der Waals surface area contributed by atoms with Crippen molar-refractivity contribution >= 4 is 17.3 Å². The molecule has 0 bridgehead atoms. The highest BCUT2D eigenvalue weighted by Crippen LogP contribution is 2.53. The summed E-state index contributed by atoms with van der Waals surface area (Å²) in [6.07, 6.45) is 2.07. The number of nitriles is 1. The van der Waals surface area contributed by atoms with Gasteiger partial charge in [-0.05, 0) is 62.2 Å². The third kappa shape index (κ3) is 2.31. The Labute approximate surface area is 162 Å². The Morgan fingerprint density at radius 1 is 1.14 bits per heavy atom. The molecule has 0 unspecified atom stereocenters. The van der Waals surface area contributed by atoms with E-state index >= 15 is 0 Å². The minimum absolute atomic E-state index is 0.0684. The minimum atomic E-state index is -0.464. The van der Waals surface area contributed by atoms with Crippen molar-refractivity contribution in [3.63, 3.8) is 0 Å². The number of hydrogen-bond donors (Lipinski definition) is 1. The molecule has 1 aliphatic heterocycles. The Morgan fingerprint density at radius 3 is 2.54 bits per heavy atom. The maximum absolute atomic E-state index is 11.8. The molecule has 1 spiro atoms. The van der Waals surface area contributed by atoms with Crippen LogP contribution in [0.4, 0.5) is 11.4 Å². The van der Waals surface area contributed by atoms with Gasteiger partial charge < -0.3 is 10.6 Å². The van der Waals surface area contributed by atoms with Crippen molar-refractivity contribution in [3.05, 3.63) is 65.2 Å². The number of carbonyl (C=O) groups is 1. The van der Waals surface area contributed by atoms with Gasteiger partial charge in [-0.25, -0.2) is 0 Å². The number of primary amides is 1. The number of rotatable bonds is 2. The molecule has 1 fully saturated rings. The predicted molar refractivity (Wildman–Crippen MR) is 104 cm³/mol. The number of benzene rings is 2. The first-order valence-electron chi connectivity index (χ1n) is 9.17. The van der Waals surface area contributed by atoms with Gasteiger partial charge in [-0.15, -0.1) is 10.2 Å². The van der Waals surface area contributed by atoms with E-state index in [1.165, 1.54) is 0 Å². The van der Waals surface area contributed by atoms with Crippen LogP contribution in [0.3, 0.4) is 0 Å². The minimum Gasteiger partial charge on any atom is -0.366 e. The number of carbonyl (C=O) groups excluding carboxylic acids is 1. The molecule has 1 aliphatic carbocycles. The van der Waals surface area contributed by atoms with Gasteiger partial charge in [0.15, 0.2) is 0 Å². The first-order valence-corrected chi connectivity index (χ1v) is 9.17. The lowest BCUT2D eigenvalue weighted by Gasteiger charge is -2.27. The molecule has 1 saturated carbocycles. The number of aromatic nitrogens is 3. The zero-order valence-corrected chi connectivity index (χ0v) is 15.4. The molecule has 2 aliphatic rings. The lowest BCUT2D eigenvalue weighted by Crippen LogP contribution is -2.28. The van der Waals surface area contributed by atoms with Crippen molar-refractivity contribution in [2.45, 2.75) is 25.2 Å². The maximum atomic E-state index is 11.8. The summed E-state index contributed by atoms with van der Waals surface area (Å²) in [4.78, 5) is 14.0. The SMILES string of the molecule is Cc1nnc2n1-c1ccc(C(N)=O)cc1N(c1ccc(C#N)cc1)CC21CC1. The molecule has 2 aromatic carbocycles. The lowest BCUT2D eigenvalue weighted by atomic mass is 10.0. The highest BCUT2D eigenvalue weighted by molar-refractivity contribution is 5.95. The molecule has 7 nitrogen and oxygen atoms in total. The van der Waals surface area contributed by atoms with Crippen LogP contribution in [0.2, 0.25) is 0 Å². The van der Waals surface area contributed by atoms with E-state index in [1.54, 1.807) is 6.07 Å². The number of anilines is 2. The second kappa shape index (κ2) is 5.67. The van der Waals surface area contributed by atoms with Crippen LogP contribution in [-0.2, 0) is 5.41 Å². The van der Waals surface area contributed by atoms with Gasteiger partial charge in [0.2, 0.25) is 5.91 Å². The van der Waals surface area contributed by atoms with Crippen molar-refractivity contribution in [1.29, 1.82) is 5.26 Å². The number of hydrogen-bond acceptors (Lipinski definition) is 5. The normalized spacial score (nSPS) is 16.1. The monoisotopic (exact) mass is 370 g/mol. The van der Waals surface area contributed by atoms with Crippen LogP contribution in [0.1, 0.15) is 40.4 Å². The number of aryl methyl sites for hydroxylation is 1. The summed E-state index contributed by atoms with van der Waals surface area (Å²) < 4.78 is 2.09. The molecule has 2 heterocycles. The predicted octanol–water partition coefficient (Wildman–Crippen LogP) is 2.73. The van der Waals surface area contributed by atoms with Crippen LogP contribution in [0, 0.1) is 18.3 Å². The van der Waals surface area contributed by atoms with Gasteiger partial charge in [0.25, 0.3) is 0 Å². The quantitative estimate of drug-likeness (QED) is 0.747. The van der Waals surface area contributed by atoms with Gasteiger partial charge in [0, 0.05) is 23.2 Å². The Hall–Kier alpha value is -3.66. The van der Waals surface area contributed by atoms with Crippen LogP contribution in [0.25, 0.3) is 5.69 Å². The Balaban J connectivity index is 1.76. The molecule has 0 saturated heterocycles. The van der Waals surface area contributed by atoms with Crippen molar-refractivity contribution < 1.29 is 4.79 Å². The smallest absolute Gasteiger partial charge is 0.248 e. The zero-order chi connectivity index (χ0) is 19.5. The number of amides is 1. The van der Waals surface area contributed by atoms with Crippen molar-refractivity contribution in [3.8, 4) is 11.8 Å². The van der Waals surface area contributed by atoms with E-state index in [4.69, 9.17) is 11.0 Å². The number of nitrogens with zero attached hydrogens (tertiary/aromatic N) is 5. The first-order chi connectivity index (χ1) is 13.5. The largest absolute Gasteiger partial charge is 0.366 e. The molecular weight excluding hydrogens is 352 g/mol. The molecule has 28 heavy (non-hydrogen) atoms. The van der Waals surface area contributed by atoms with Crippen molar-refractivity contribution in [2.75, 3.05) is 11.4 Å². The summed E-state index contributed by atoms with van der Waals surface area (Å²) in [6.45, 7) is 2.67. The van der Waals surface area contributed by atoms with E-state index in [0.29, 0.717) is 11.1 Å². The van der Waals surface area contributed by atoms with Gasteiger partial charge in [0.05, 0.1) is 23.0 Å². The molecule has 3 aromatic rings. The summed E-state index contributed by atoms with van der Waals surface area (Å²) in [7, 11) is 0. The van der Waals surface area contributed by atoms with E-state index in [1.807, 2.05) is 43.3 Å². The summed E-state index contributed by atoms with van der Waals surface area (Å²) in [6, 6.07) is 15.1. The van der Waals surface area contributed by atoms with E-state index in [0.717, 1.165) is 48.1 Å². The second-order valence-corrected chi connectivity index (χ2v) is 7.50. The summed E-state index contributed by atoms with van der Waals surface area (Å²) >= 11 is 0. The standard InChI is InChI=1S/C21H18N6O/c1-13-24-25-20-21(8-9-21)12-26(16-5-2-14(11-22)3-6-16)18-10-15(19(23)28)4-7-17(18)27(13)20/h2-7,10H,8-9,12H2,1H3,(H2,23,28). The highest BCUT2D eigenvalue weighted by atomic mass is 16.1. The molecule has 0 atom stereocenters. The summed E-state index contributed by atoms with van der Waals surface area (Å²) in [5.41, 5.74) is 9.32. The van der Waals surface area contributed by atoms with Crippen LogP contribution in [-0.4, -0.2) is 27.2 Å². The molecule has 5 rings (SSSR count). The van der Waals surface area contributed by atoms with Gasteiger partial charge >= 0.3 is 0 Å². The molecule has 7 heteroatoms. The average Bonchev–Trinajstić information content (AvgIpc) is 3.41. The van der Waals surface area contributed by atoms with Gasteiger partial charge in [0.1, 0.15) is 11.6 Å². The summed E-state index contributed by atoms with van der Waals surface area (Å²) in [5, 5.41) is 17.9. The average molecular weight is 370 g/mol. The molecular formula is C21H18N6O. The van der Waals surface area contributed by atoms with E-state index in [-0.39, 0.29) is 5.41 Å². The first kappa shape index (κ1) is 16.5. The summed E-state index contributed by atoms with van der Waals surface area (Å²) in [5.74, 6) is 1.32. The Kier molecular flexibility index (Phi) is 3.34. The lowest BCUT2D eigenvalue weighted by molar-refractivity contribution is 0.100. The maximum Gasteiger partial charge on any atom is 0.248 e. The Morgan fingerprint density at radius 2 is 1.89 bits per heavy atom. The second-order valence-electron chi connectivity index (χ2n) is 7.50. The fourth-order valence-electron chi connectivity index (χ4n) is 4.01. The topological polar surface area (TPSA) is 101 Å². The molecule has 1 aromatic heterocycles. The van der Waals surface area contributed by atoms with Crippen LogP contribution in [0.15, 0.2) is 42.5 Å². The number of fused-ring (bicyclic) bond motifs is 4. The Bertz CT molecular complexity index is 1150. The van der Waals surface area contributed by atoms with E-state index < -0.39 is 5.91 Å². The number of nitrogens with two attached hydrogens (primary N) is 1.